The second-order valence-corrected chi connectivity index (χ2v) is 12.1. The van der Waals surface area contributed by atoms with Gasteiger partial charge in [-0.1, -0.05) is 29.8 Å². The molecule has 182 valence electrons. The van der Waals surface area contributed by atoms with Gasteiger partial charge in [0.15, 0.2) is 15.7 Å². The number of nitrogens with zero attached hydrogens (tertiary/aromatic N) is 2. The number of hydrogen-bond acceptors (Lipinski definition) is 5. The third-order valence-corrected chi connectivity index (χ3v) is 8.38. The van der Waals surface area contributed by atoms with E-state index in [1.165, 1.54) is 12.1 Å². The van der Waals surface area contributed by atoms with E-state index in [2.05, 4.69) is 15.0 Å². The van der Waals surface area contributed by atoms with E-state index in [-0.39, 0.29) is 34.4 Å². The smallest absolute Gasteiger partial charge is 0.290 e. The molecule has 1 heterocycles. The lowest BCUT2D eigenvalue weighted by atomic mass is 10.00. The molecule has 6 nitrogen and oxygen atoms in total. The van der Waals surface area contributed by atoms with Crippen LogP contribution in [0.1, 0.15) is 37.5 Å². The highest BCUT2D eigenvalue weighted by Gasteiger charge is 2.30. The van der Waals surface area contributed by atoms with Gasteiger partial charge in [0.05, 0.1) is 21.1 Å². The van der Waals surface area contributed by atoms with E-state index in [1.807, 2.05) is 0 Å². The molecule has 0 aliphatic heterocycles. The minimum atomic E-state index is -4.50. The van der Waals surface area contributed by atoms with Gasteiger partial charge in [-0.25, -0.2) is 18.2 Å². The summed E-state index contributed by atoms with van der Waals surface area (Å²) >= 11 is 6.39. The summed E-state index contributed by atoms with van der Waals surface area (Å²) in [5, 5.41) is 0.271. The Balaban J connectivity index is 2.03. The lowest BCUT2D eigenvalue weighted by Crippen LogP contribution is -2.31. The van der Waals surface area contributed by atoms with Crippen molar-refractivity contribution in [1.29, 1.82) is 0 Å². The quantitative estimate of drug-likeness (QED) is 0.504. The Morgan fingerprint density at radius 1 is 1.00 bits per heavy atom. The largest absolute Gasteiger partial charge is 0.416 e. The summed E-state index contributed by atoms with van der Waals surface area (Å²) in [5.41, 5.74) is 0.364. The van der Waals surface area contributed by atoms with Crippen molar-refractivity contribution in [3.8, 4) is 22.8 Å². The van der Waals surface area contributed by atoms with Crippen LogP contribution in [0.2, 0.25) is 5.02 Å². The molecular weight excluding hydrogens is 491 g/mol. The topological polar surface area (TPSA) is 92.8 Å². The molecule has 0 unspecified atom stereocenters. The van der Waals surface area contributed by atoms with E-state index in [9.17, 15) is 26.4 Å². The van der Waals surface area contributed by atoms with Gasteiger partial charge in [0, 0.05) is 11.1 Å². The number of alkyl halides is 3. The molecule has 1 aromatic heterocycles. The van der Waals surface area contributed by atoms with Gasteiger partial charge in [0.25, 0.3) is 0 Å². The van der Waals surface area contributed by atoms with E-state index in [0.29, 0.717) is 16.7 Å². The standard InChI is InChI=1S/C23H23ClF3N3O3S/c1-13-14(11-12-34(32,33)22(2,3)4)7-10-17(24)18(13)20-28-19(29-21(31)30-20)15-5-8-16(9-6-15)23(25,26)27/h5-10H,11-12H2,1-4H3,(H,28,29,30,31). The average molecular weight is 514 g/mol. The molecule has 0 spiro atoms. The number of halogens is 4. The van der Waals surface area contributed by atoms with Crippen molar-refractivity contribution in [3.05, 3.63) is 68.6 Å². The summed E-state index contributed by atoms with van der Waals surface area (Å²) in [4.78, 5) is 22.9. The van der Waals surface area contributed by atoms with Crippen LogP contribution in [0.3, 0.4) is 0 Å². The van der Waals surface area contributed by atoms with Crippen molar-refractivity contribution in [2.24, 2.45) is 0 Å². The highest BCUT2D eigenvalue weighted by atomic mass is 35.5. The van der Waals surface area contributed by atoms with Gasteiger partial charge in [0.2, 0.25) is 0 Å². The number of aromatic nitrogens is 3. The van der Waals surface area contributed by atoms with Crippen LogP contribution in [-0.4, -0.2) is 33.9 Å². The van der Waals surface area contributed by atoms with Crippen molar-refractivity contribution in [1.82, 2.24) is 15.0 Å². The monoisotopic (exact) mass is 513 g/mol. The number of H-pyrrole nitrogens is 1. The third kappa shape index (κ3) is 5.50. The summed E-state index contributed by atoms with van der Waals surface area (Å²) in [5.74, 6) is -0.0585. The lowest BCUT2D eigenvalue weighted by molar-refractivity contribution is -0.137. The number of hydrogen-bond donors (Lipinski definition) is 1. The number of aromatic amines is 1. The van der Waals surface area contributed by atoms with Gasteiger partial charge in [-0.2, -0.15) is 18.2 Å². The highest BCUT2D eigenvalue weighted by Crippen LogP contribution is 2.33. The van der Waals surface area contributed by atoms with Gasteiger partial charge in [-0.3, -0.25) is 4.98 Å². The lowest BCUT2D eigenvalue weighted by Gasteiger charge is -2.20. The van der Waals surface area contributed by atoms with E-state index < -0.39 is 32.0 Å². The van der Waals surface area contributed by atoms with E-state index in [4.69, 9.17) is 11.6 Å². The normalized spacial score (nSPS) is 12.7. The van der Waals surface area contributed by atoms with Gasteiger partial charge < -0.3 is 0 Å². The van der Waals surface area contributed by atoms with Crippen LogP contribution in [-0.2, 0) is 22.4 Å². The molecule has 0 radical (unpaired) electrons. The zero-order chi connectivity index (χ0) is 25.5. The van der Waals surface area contributed by atoms with Crippen molar-refractivity contribution in [2.75, 3.05) is 5.75 Å². The molecule has 1 N–H and O–H groups in total. The van der Waals surface area contributed by atoms with Crippen LogP contribution in [0.25, 0.3) is 22.8 Å². The minimum absolute atomic E-state index is 0.0661. The first-order valence-electron chi connectivity index (χ1n) is 10.3. The SMILES string of the molecule is Cc1c(CCS(=O)(=O)C(C)(C)C)ccc(Cl)c1-c1nc(-c2ccc(C(F)(F)F)cc2)nc(=O)[nH]1. The summed E-state index contributed by atoms with van der Waals surface area (Å²) in [6.45, 7) is 6.64. The van der Waals surface area contributed by atoms with Crippen molar-refractivity contribution < 1.29 is 21.6 Å². The van der Waals surface area contributed by atoms with Crippen LogP contribution in [0.15, 0.2) is 41.2 Å². The summed E-state index contributed by atoms with van der Waals surface area (Å²) < 4.78 is 62.7. The molecule has 11 heteroatoms. The maximum Gasteiger partial charge on any atom is 0.416 e. The van der Waals surface area contributed by atoms with Gasteiger partial charge in [0.1, 0.15) is 5.82 Å². The Morgan fingerprint density at radius 2 is 1.62 bits per heavy atom. The Morgan fingerprint density at radius 3 is 2.18 bits per heavy atom. The Labute approximate surface area is 200 Å². The predicted octanol–water partition coefficient (Wildman–Crippen LogP) is 5.24. The minimum Gasteiger partial charge on any atom is -0.290 e. The van der Waals surface area contributed by atoms with Gasteiger partial charge in [-0.15, -0.1) is 0 Å². The number of aryl methyl sites for hydroxylation is 1. The summed E-state index contributed by atoms with van der Waals surface area (Å²) in [6, 6.07) is 7.44. The first-order valence-corrected chi connectivity index (χ1v) is 12.3. The Kier molecular flexibility index (Phi) is 6.96. The second kappa shape index (κ2) is 9.14. The molecule has 34 heavy (non-hydrogen) atoms. The molecule has 0 amide bonds. The molecule has 0 saturated carbocycles. The van der Waals surface area contributed by atoms with Gasteiger partial charge >= 0.3 is 11.9 Å². The zero-order valence-electron chi connectivity index (χ0n) is 18.9. The zero-order valence-corrected chi connectivity index (χ0v) is 20.5. The van der Waals surface area contributed by atoms with E-state index in [0.717, 1.165) is 12.1 Å². The number of benzene rings is 2. The molecule has 0 fully saturated rings. The fourth-order valence-electron chi connectivity index (χ4n) is 3.27. The van der Waals surface area contributed by atoms with Crippen LogP contribution in [0, 0.1) is 6.92 Å². The van der Waals surface area contributed by atoms with Crippen LogP contribution < -0.4 is 5.69 Å². The molecule has 0 aliphatic carbocycles. The Bertz CT molecular complexity index is 1380. The molecule has 0 aliphatic rings. The van der Waals surface area contributed by atoms with Crippen LogP contribution in [0.4, 0.5) is 13.2 Å². The van der Waals surface area contributed by atoms with Crippen molar-refractivity contribution in [3.63, 3.8) is 0 Å². The van der Waals surface area contributed by atoms with Gasteiger partial charge in [-0.05, 0) is 63.4 Å². The van der Waals surface area contributed by atoms with E-state index in [1.54, 1.807) is 39.8 Å². The van der Waals surface area contributed by atoms with Crippen LogP contribution >= 0.6 is 11.6 Å². The molecule has 3 rings (SSSR count). The molecule has 0 saturated heterocycles. The average Bonchev–Trinajstić information content (AvgIpc) is 2.71. The number of rotatable bonds is 5. The molecule has 2 aromatic carbocycles. The van der Waals surface area contributed by atoms with Crippen molar-refractivity contribution in [2.45, 2.75) is 45.0 Å². The third-order valence-electron chi connectivity index (χ3n) is 5.46. The first kappa shape index (κ1) is 25.9. The summed E-state index contributed by atoms with van der Waals surface area (Å²) in [6.07, 6.45) is -4.26. The fraction of sp³-hybridized carbons (Fsp3) is 0.348. The maximum absolute atomic E-state index is 12.9. The van der Waals surface area contributed by atoms with E-state index >= 15 is 0 Å². The second-order valence-electron chi connectivity index (χ2n) is 8.79. The summed E-state index contributed by atoms with van der Waals surface area (Å²) in [7, 11) is -3.36. The molecule has 0 atom stereocenters. The highest BCUT2D eigenvalue weighted by molar-refractivity contribution is 7.92. The van der Waals surface area contributed by atoms with Crippen molar-refractivity contribution >= 4 is 21.4 Å². The Hall–Kier alpha value is -2.72. The number of sulfone groups is 1. The fourth-order valence-corrected chi connectivity index (χ4v) is 4.67. The van der Waals surface area contributed by atoms with Crippen LogP contribution in [0.5, 0.6) is 0 Å². The molecule has 3 aromatic rings. The predicted molar refractivity (Wildman–Crippen MR) is 126 cm³/mol. The number of nitrogens with one attached hydrogen (secondary N) is 1. The first-order chi connectivity index (χ1) is 15.6. The molecule has 0 bridgehead atoms. The maximum atomic E-state index is 12.9. The molecular formula is C23H23ClF3N3O3S.